The molecule has 114 valence electrons. The van der Waals surface area contributed by atoms with Crippen LogP contribution >= 0.6 is 0 Å². The van der Waals surface area contributed by atoms with Crippen LogP contribution in [-0.4, -0.2) is 34.4 Å². The van der Waals surface area contributed by atoms with Crippen LogP contribution in [0.2, 0.25) is 0 Å². The van der Waals surface area contributed by atoms with Gasteiger partial charge in [-0.1, -0.05) is 6.07 Å². The molecule has 0 aliphatic carbocycles. The van der Waals surface area contributed by atoms with Gasteiger partial charge in [0.2, 0.25) is 5.91 Å². The van der Waals surface area contributed by atoms with Gasteiger partial charge in [0.25, 0.3) is 0 Å². The van der Waals surface area contributed by atoms with Gasteiger partial charge in [0.1, 0.15) is 0 Å². The van der Waals surface area contributed by atoms with E-state index in [2.05, 4.69) is 9.97 Å². The summed E-state index contributed by atoms with van der Waals surface area (Å²) in [6.07, 6.45) is 6.63. The molecule has 5 nitrogen and oxygen atoms in total. The van der Waals surface area contributed by atoms with E-state index in [4.69, 9.17) is 4.74 Å². The second-order valence-corrected chi connectivity index (χ2v) is 5.43. The summed E-state index contributed by atoms with van der Waals surface area (Å²) >= 11 is 0. The van der Waals surface area contributed by atoms with E-state index >= 15 is 0 Å². The van der Waals surface area contributed by atoms with Gasteiger partial charge < -0.3 is 9.64 Å². The number of hydrogen-bond acceptors (Lipinski definition) is 4. The summed E-state index contributed by atoms with van der Waals surface area (Å²) in [5.74, 6) is 0.112. The van der Waals surface area contributed by atoms with Crippen LogP contribution in [-0.2, 0) is 35.5 Å². The molecule has 0 fully saturated rings. The van der Waals surface area contributed by atoms with Gasteiger partial charge in [-0.2, -0.15) is 0 Å². The van der Waals surface area contributed by atoms with Crippen LogP contribution in [0, 0.1) is 0 Å². The first kappa shape index (κ1) is 14.7. The maximum atomic E-state index is 12.4. The molecule has 0 spiro atoms. The Morgan fingerprint density at radius 2 is 2.27 bits per heavy atom. The molecule has 1 amide bonds. The first-order valence-electron chi connectivity index (χ1n) is 7.39. The molecule has 0 unspecified atom stereocenters. The molecule has 0 bridgehead atoms. The zero-order valence-electron chi connectivity index (χ0n) is 12.7. The third kappa shape index (κ3) is 3.14. The summed E-state index contributed by atoms with van der Waals surface area (Å²) in [5.41, 5.74) is 4.33. The van der Waals surface area contributed by atoms with Crippen LogP contribution in [0.15, 0.2) is 36.8 Å². The maximum Gasteiger partial charge on any atom is 0.228 e. The zero-order chi connectivity index (χ0) is 15.4. The number of fused-ring (bicyclic) bond motifs is 1. The Kier molecular flexibility index (Phi) is 4.44. The highest BCUT2D eigenvalue weighted by molar-refractivity contribution is 5.78. The van der Waals surface area contributed by atoms with Crippen molar-refractivity contribution in [2.45, 2.75) is 26.0 Å². The summed E-state index contributed by atoms with van der Waals surface area (Å²) in [6.45, 7) is 1.92. The molecule has 3 rings (SSSR count). The van der Waals surface area contributed by atoms with Crippen molar-refractivity contribution in [3.63, 3.8) is 0 Å². The third-order valence-corrected chi connectivity index (χ3v) is 3.94. The minimum absolute atomic E-state index is 0.112. The van der Waals surface area contributed by atoms with Gasteiger partial charge in [0.05, 0.1) is 13.0 Å². The molecule has 3 heterocycles. The molecule has 0 N–H and O–H groups in total. The molecule has 0 radical (unpaired) electrons. The Balaban J connectivity index is 1.71. The van der Waals surface area contributed by atoms with E-state index in [9.17, 15) is 4.79 Å². The average Bonchev–Trinajstić information content (AvgIpc) is 2.56. The number of ether oxygens (including phenoxy) is 1. The van der Waals surface area contributed by atoms with E-state index in [0.29, 0.717) is 19.6 Å². The lowest BCUT2D eigenvalue weighted by molar-refractivity contribution is -0.131. The Morgan fingerprint density at radius 1 is 1.36 bits per heavy atom. The number of amides is 1. The molecule has 22 heavy (non-hydrogen) atoms. The van der Waals surface area contributed by atoms with Gasteiger partial charge in [0.15, 0.2) is 0 Å². The highest BCUT2D eigenvalue weighted by Gasteiger charge is 2.23. The lowest BCUT2D eigenvalue weighted by Crippen LogP contribution is -2.37. The summed E-state index contributed by atoms with van der Waals surface area (Å²) < 4.78 is 5.22. The molecule has 5 heteroatoms. The Bertz CT molecular complexity index is 658. The summed E-state index contributed by atoms with van der Waals surface area (Å²) in [5, 5.41) is 0. The summed E-state index contributed by atoms with van der Waals surface area (Å²) in [6, 6.07) is 5.64. The minimum atomic E-state index is 0.112. The van der Waals surface area contributed by atoms with Gasteiger partial charge in [0, 0.05) is 44.5 Å². The van der Waals surface area contributed by atoms with Crippen molar-refractivity contribution in [1.82, 2.24) is 14.9 Å². The monoisotopic (exact) mass is 297 g/mol. The van der Waals surface area contributed by atoms with Crippen molar-refractivity contribution in [3.05, 3.63) is 59.2 Å². The summed E-state index contributed by atoms with van der Waals surface area (Å²) in [4.78, 5) is 22.8. The normalized spacial score (nSPS) is 13.8. The molecule has 0 saturated carbocycles. The summed E-state index contributed by atoms with van der Waals surface area (Å²) in [7, 11) is 1.69. The van der Waals surface area contributed by atoms with E-state index in [1.807, 2.05) is 35.5 Å². The molecule has 2 aromatic heterocycles. The third-order valence-electron chi connectivity index (χ3n) is 3.94. The van der Waals surface area contributed by atoms with Gasteiger partial charge in [-0.25, -0.2) is 0 Å². The fourth-order valence-corrected chi connectivity index (χ4v) is 2.83. The van der Waals surface area contributed by atoms with Crippen LogP contribution in [0.3, 0.4) is 0 Å². The molecular formula is C17H19N3O2. The van der Waals surface area contributed by atoms with Gasteiger partial charge in [-0.15, -0.1) is 0 Å². The maximum absolute atomic E-state index is 12.4. The second kappa shape index (κ2) is 6.66. The molecule has 0 aromatic carbocycles. The van der Waals surface area contributed by atoms with E-state index in [0.717, 1.165) is 29.8 Å². The number of hydrogen-bond donors (Lipinski definition) is 0. The van der Waals surface area contributed by atoms with E-state index in [1.54, 1.807) is 13.3 Å². The van der Waals surface area contributed by atoms with Crippen LogP contribution in [0.4, 0.5) is 0 Å². The quantitative estimate of drug-likeness (QED) is 0.863. The van der Waals surface area contributed by atoms with Crippen molar-refractivity contribution in [1.29, 1.82) is 0 Å². The van der Waals surface area contributed by atoms with E-state index in [1.165, 1.54) is 5.56 Å². The average molecular weight is 297 g/mol. The van der Waals surface area contributed by atoms with Crippen LogP contribution in [0.25, 0.3) is 0 Å². The molecule has 0 atom stereocenters. The lowest BCUT2D eigenvalue weighted by atomic mass is 9.97. The fourth-order valence-electron chi connectivity index (χ4n) is 2.83. The second-order valence-electron chi connectivity index (χ2n) is 5.43. The molecule has 1 aliphatic rings. The van der Waals surface area contributed by atoms with Crippen molar-refractivity contribution in [3.8, 4) is 0 Å². The Morgan fingerprint density at radius 3 is 3.05 bits per heavy atom. The number of carbonyl (C=O) groups excluding carboxylic acids is 1. The van der Waals surface area contributed by atoms with Crippen LogP contribution < -0.4 is 0 Å². The first-order chi connectivity index (χ1) is 10.8. The van der Waals surface area contributed by atoms with E-state index in [-0.39, 0.29) is 5.91 Å². The Hall–Kier alpha value is -2.27. The highest BCUT2D eigenvalue weighted by atomic mass is 16.5. The Labute approximate surface area is 130 Å². The van der Waals surface area contributed by atoms with Crippen molar-refractivity contribution in [2.24, 2.45) is 0 Å². The predicted molar refractivity (Wildman–Crippen MR) is 82.0 cm³/mol. The number of methoxy groups -OCH3 is 1. The minimum Gasteiger partial charge on any atom is -0.380 e. The number of pyridine rings is 2. The van der Waals surface area contributed by atoms with Gasteiger partial charge >= 0.3 is 0 Å². The predicted octanol–water partition coefficient (Wildman–Crippen LogP) is 1.75. The topological polar surface area (TPSA) is 55.3 Å². The van der Waals surface area contributed by atoms with Crippen LogP contribution in [0.5, 0.6) is 0 Å². The fraction of sp³-hybridized carbons (Fsp3) is 0.353. The highest BCUT2D eigenvalue weighted by Crippen LogP contribution is 2.22. The number of rotatable bonds is 4. The lowest BCUT2D eigenvalue weighted by Gasteiger charge is -2.29. The largest absolute Gasteiger partial charge is 0.380 e. The van der Waals surface area contributed by atoms with Crippen molar-refractivity contribution < 1.29 is 9.53 Å². The van der Waals surface area contributed by atoms with Gasteiger partial charge in [-0.3, -0.25) is 14.8 Å². The molecule has 1 aliphatic heterocycles. The SMILES string of the molecule is COCc1cncc2c1CCN(C(=O)Cc1ccccn1)C2. The molecular weight excluding hydrogens is 278 g/mol. The first-order valence-corrected chi connectivity index (χ1v) is 7.39. The zero-order valence-corrected chi connectivity index (χ0v) is 12.7. The van der Waals surface area contributed by atoms with Crippen molar-refractivity contribution in [2.75, 3.05) is 13.7 Å². The number of aromatic nitrogens is 2. The van der Waals surface area contributed by atoms with E-state index < -0.39 is 0 Å². The van der Waals surface area contributed by atoms with Crippen LogP contribution in [0.1, 0.15) is 22.4 Å². The smallest absolute Gasteiger partial charge is 0.228 e. The molecule has 2 aromatic rings. The number of nitrogens with zero attached hydrogens (tertiary/aromatic N) is 3. The molecule has 0 saturated heterocycles. The van der Waals surface area contributed by atoms with Crippen molar-refractivity contribution >= 4 is 5.91 Å². The number of carbonyl (C=O) groups is 1. The van der Waals surface area contributed by atoms with Gasteiger partial charge in [-0.05, 0) is 35.2 Å². The standard InChI is InChI=1S/C17H19N3O2/c1-22-12-14-10-18-9-13-11-20(7-5-16(13)14)17(21)8-15-4-2-3-6-19-15/h2-4,6,9-10H,5,7-8,11-12H2,1H3.